The van der Waals surface area contributed by atoms with Crippen molar-refractivity contribution >= 4 is 28.5 Å². The first kappa shape index (κ1) is 16.4. The molecule has 1 aliphatic rings. The van der Waals surface area contributed by atoms with Crippen LogP contribution in [-0.4, -0.2) is 34.2 Å². The number of aromatic amines is 1. The Kier molecular flexibility index (Phi) is 4.92. The van der Waals surface area contributed by atoms with Crippen LogP contribution in [0.25, 0.3) is 10.9 Å². The van der Waals surface area contributed by atoms with Gasteiger partial charge in [0.15, 0.2) is 0 Å². The van der Waals surface area contributed by atoms with E-state index in [4.69, 9.17) is 5.14 Å². The van der Waals surface area contributed by atoms with Crippen LogP contribution in [0, 0.1) is 0 Å². The molecule has 5 nitrogen and oxygen atoms in total. The van der Waals surface area contributed by atoms with Gasteiger partial charge in [-0.2, -0.15) is 5.10 Å². The lowest BCUT2D eigenvalue weighted by atomic mass is 10.0. The SMILES string of the molecule is NSc1cccc(CN2CCCC(Nc3ccc4[nH]ncc4c3)C2)c1. The second kappa shape index (κ2) is 7.47. The Morgan fingerprint density at radius 2 is 2.24 bits per heavy atom. The van der Waals surface area contributed by atoms with Gasteiger partial charge in [-0.05, 0) is 67.2 Å². The van der Waals surface area contributed by atoms with E-state index in [2.05, 4.69) is 62.9 Å². The topological polar surface area (TPSA) is 70.0 Å². The van der Waals surface area contributed by atoms with Gasteiger partial charge in [0, 0.05) is 35.1 Å². The van der Waals surface area contributed by atoms with E-state index in [-0.39, 0.29) is 0 Å². The molecule has 1 aliphatic heterocycles. The molecule has 2 heterocycles. The van der Waals surface area contributed by atoms with E-state index in [0.29, 0.717) is 6.04 Å². The Hall–Kier alpha value is -2.02. The third kappa shape index (κ3) is 3.98. The Bertz CT molecular complexity index is 846. The number of nitrogens with zero attached hydrogens (tertiary/aromatic N) is 2. The molecular formula is C19H23N5S. The molecule has 1 saturated heterocycles. The smallest absolute Gasteiger partial charge is 0.0651 e. The van der Waals surface area contributed by atoms with Gasteiger partial charge in [0.05, 0.1) is 11.7 Å². The summed E-state index contributed by atoms with van der Waals surface area (Å²) < 4.78 is 0. The van der Waals surface area contributed by atoms with Gasteiger partial charge in [-0.1, -0.05) is 12.1 Å². The predicted octanol–water partition coefficient (Wildman–Crippen LogP) is 3.61. The number of piperidine rings is 1. The standard InChI is InChI=1S/C19H23N5S/c20-25-18-5-1-3-14(9-18)12-24-8-2-4-17(13-24)22-16-6-7-19-15(10-16)11-21-23-19/h1,3,5-7,9-11,17,22H,2,4,8,12-13,20H2,(H,21,23). The molecule has 25 heavy (non-hydrogen) atoms. The van der Waals surface area contributed by atoms with Crippen molar-refractivity contribution in [1.82, 2.24) is 15.1 Å². The van der Waals surface area contributed by atoms with E-state index in [1.165, 1.54) is 36.0 Å². The van der Waals surface area contributed by atoms with E-state index in [9.17, 15) is 0 Å². The van der Waals surface area contributed by atoms with Crippen molar-refractivity contribution in [2.45, 2.75) is 30.3 Å². The number of aromatic nitrogens is 2. The van der Waals surface area contributed by atoms with Crippen molar-refractivity contribution in [3.05, 3.63) is 54.2 Å². The van der Waals surface area contributed by atoms with Gasteiger partial charge in [0.2, 0.25) is 0 Å². The quantitative estimate of drug-likeness (QED) is 0.611. The maximum Gasteiger partial charge on any atom is 0.0651 e. The van der Waals surface area contributed by atoms with Crippen LogP contribution in [-0.2, 0) is 6.54 Å². The minimum atomic E-state index is 0.477. The van der Waals surface area contributed by atoms with Gasteiger partial charge in [-0.15, -0.1) is 0 Å². The highest BCUT2D eigenvalue weighted by Gasteiger charge is 2.20. The lowest BCUT2D eigenvalue weighted by Crippen LogP contribution is -2.41. The number of fused-ring (bicyclic) bond motifs is 1. The Morgan fingerprint density at radius 1 is 1.28 bits per heavy atom. The molecule has 4 rings (SSSR count). The van der Waals surface area contributed by atoms with Crippen molar-refractivity contribution < 1.29 is 0 Å². The fourth-order valence-corrected chi connectivity index (χ4v) is 3.94. The van der Waals surface area contributed by atoms with Gasteiger partial charge in [-0.25, -0.2) is 0 Å². The highest BCUT2D eigenvalue weighted by Crippen LogP contribution is 2.22. The molecule has 1 aromatic heterocycles. The zero-order chi connectivity index (χ0) is 17.1. The molecule has 130 valence electrons. The number of hydrogen-bond acceptors (Lipinski definition) is 5. The summed E-state index contributed by atoms with van der Waals surface area (Å²) in [5.74, 6) is 0. The van der Waals surface area contributed by atoms with E-state index in [0.717, 1.165) is 35.4 Å². The number of H-pyrrole nitrogens is 1. The van der Waals surface area contributed by atoms with Crippen LogP contribution in [0.4, 0.5) is 5.69 Å². The van der Waals surface area contributed by atoms with Crippen LogP contribution in [0.15, 0.2) is 53.6 Å². The maximum absolute atomic E-state index is 5.68. The number of rotatable bonds is 5. The predicted molar refractivity (Wildman–Crippen MR) is 105 cm³/mol. The number of benzene rings is 2. The van der Waals surface area contributed by atoms with Crippen molar-refractivity contribution in [2.75, 3.05) is 18.4 Å². The van der Waals surface area contributed by atoms with Crippen LogP contribution in [0.3, 0.4) is 0 Å². The molecule has 0 amide bonds. The maximum atomic E-state index is 5.68. The summed E-state index contributed by atoms with van der Waals surface area (Å²) in [4.78, 5) is 3.65. The first-order valence-corrected chi connectivity index (χ1v) is 9.56. The summed E-state index contributed by atoms with van der Waals surface area (Å²) >= 11 is 1.31. The van der Waals surface area contributed by atoms with Crippen molar-refractivity contribution in [3.63, 3.8) is 0 Å². The molecule has 3 aromatic rings. The number of nitrogens with one attached hydrogen (secondary N) is 2. The Balaban J connectivity index is 1.40. The fourth-order valence-electron chi connectivity index (χ4n) is 3.56. The Labute approximate surface area is 152 Å². The summed E-state index contributed by atoms with van der Waals surface area (Å²) in [6.07, 6.45) is 4.30. The van der Waals surface area contributed by atoms with Crippen LogP contribution in [0.2, 0.25) is 0 Å². The molecule has 2 aromatic carbocycles. The second-order valence-corrected chi connectivity index (χ2v) is 7.36. The van der Waals surface area contributed by atoms with Gasteiger partial charge in [-0.3, -0.25) is 15.1 Å². The summed E-state index contributed by atoms with van der Waals surface area (Å²) in [5.41, 5.74) is 3.58. The zero-order valence-electron chi connectivity index (χ0n) is 14.1. The normalized spacial score (nSPS) is 18.5. The summed E-state index contributed by atoms with van der Waals surface area (Å²) in [7, 11) is 0. The molecule has 6 heteroatoms. The molecule has 1 fully saturated rings. The van der Waals surface area contributed by atoms with Crippen LogP contribution < -0.4 is 10.5 Å². The van der Waals surface area contributed by atoms with E-state index < -0.39 is 0 Å². The van der Waals surface area contributed by atoms with Crippen LogP contribution in [0.1, 0.15) is 18.4 Å². The van der Waals surface area contributed by atoms with Gasteiger partial charge in [0.1, 0.15) is 0 Å². The van der Waals surface area contributed by atoms with E-state index in [1.54, 1.807) is 0 Å². The Morgan fingerprint density at radius 3 is 3.16 bits per heavy atom. The minimum Gasteiger partial charge on any atom is -0.381 e. The molecule has 0 radical (unpaired) electrons. The largest absolute Gasteiger partial charge is 0.381 e. The van der Waals surface area contributed by atoms with Gasteiger partial charge < -0.3 is 5.32 Å². The average molecular weight is 353 g/mol. The highest BCUT2D eigenvalue weighted by atomic mass is 32.2. The highest BCUT2D eigenvalue weighted by molar-refractivity contribution is 7.97. The zero-order valence-corrected chi connectivity index (χ0v) is 14.9. The number of hydrogen-bond donors (Lipinski definition) is 3. The number of nitrogens with two attached hydrogens (primary N) is 1. The van der Waals surface area contributed by atoms with Crippen LogP contribution in [0.5, 0.6) is 0 Å². The third-order valence-corrected chi connectivity index (χ3v) is 5.28. The molecule has 1 unspecified atom stereocenters. The minimum absolute atomic E-state index is 0.477. The molecule has 4 N–H and O–H groups in total. The molecule has 0 bridgehead atoms. The third-order valence-electron chi connectivity index (χ3n) is 4.76. The van der Waals surface area contributed by atoms with Crippen molar-refractivity contribution in [1.29, 1.82) is 0 Å². The summed E-state index contributed by atoms with van der Waals surface area (Å²) in [6.45, 7) is 3.19. The fraction of sp³-hybridized carbons (Fsp3) is 0.316. The van der Waals surface area contributed by atoms with E-state index >= 15 is 0 Å². The molecule has 0 aliphatic carbocycles. The van der Waals surface area contributed by atoms with Crippen LogP contribution >= 0.6 is 11.9 Å². The van der Waals surface area contributed by atoms with Crippen molar-refractivity contribution in [2.24, 2.45) is 5.14 Å². The molecule has 0 spiro atoms. The number of likely N-dealkylation sites (tertiary alicyclic amines) is 1. The first-order chi connectivity index (χ1) is 12.3. The second-order valence-electron chi connectivity index (χ2n) is 6.66. The van der Waals surface area contributed by atoms with Crippen molar-refractivity contribution in [3.8, 4) is 0 Å². The van der Waals surface area contributed by atoms with E-state index in [1.807, 2.05) is 6.20 Å². The molecular weight excluding hydrogens is 330 g/mol. The molecule has 0 saturated carbocycles. The lowest BCUT2D eigenvalue weighted by molar-refractivity contribution is 0.208. The number of anilines is 1. The monoisotopic (exact) mass is 353 g/mol. The lowest BCUT2D eigenvalue weighted by Gasteiger charge is -2.33. The van der Waals surface area contributed by atoms with Gasteiger partial charge in [0.25, 0.3) is 0 Å². The molecule has 1 atom stereocenters. The summed E-state index contributed by atoms with van der Waals surface area (Å²) in [6, 6.07) is 15.4. The average Bonchev–Trinajstić information content (AvgIpc) is 3.10. The summed E-state index contributed by atoms with van der Waals surface area (Å²) in [5, 5.41) is 17.6. The van der Waals surface area contributed by atoms with Gasteiger partial charge >= 0.3 is 0 Å². The first-order valence-electron chi connectivity index (χ1n) is 8.68.